The van der Waals surface area contributed by atoms with E-state index in [0.29, 0.717) is 28.5 Å². The minimum Gasteiger partial charge on any atom is -0.465 e. The van der Waals surface area contributed by atoms with Gasteiger partial charge in [0.05, 0.1) is 30.4 Å². The van der Waals surface area contributed by atoms with Crippen LogP contribution < -0.4 is 10.9 Å². The van der Waals surface area contributed by atoms with Gasteiger partial charge in [0.1, 0.15) is 0 Å². The van der Waals surface area contributed by atoms with E-state index in [1.807, 2.05) is 35.9 Å². The summed E-state index contributed by atoms with van der Waals surface area (Å²) in [5.41, 5.74) is 3.96. The lowest BCUT2D eigenvalue weighted by molar-refractivity contribution is 0.0602. The van der Waals surface area contributed by atoms with Crippen molar-refractivity contribution in [3.8, 4) is 0 Å². The molecule has 0 saturated carbocycles. The fourth-order valence-corrected chi connectivity index (χ4v) is 4.13. The van der Waals surface area contributed by atoms with Gasteiger partial charge in [-0.25, -0.2) is 4.79 Å². The van der Waals surface area contributed by atoms with E-state index < -0.39 is 5.97 Å². The first kappa shape index (κ1) is 20.1. The maximum absolute atomic E-state index is 13.1. The average Bonchev–Trinajstić information content (AvgIpc) is 2.77. The zero-order valence-electron chi connectivity index (χ0n) is 17.0. The molecule has 2 heterocycles. The highest BCUT2D eigenvalue weighted by Crippen LogP contribution is 2.24. The standard InChI is InChI=1S/C23H23N3O3S/c1-25(23(30)24-19-11-4-3-10-18(19)22(28)29-2)14-17-13-16-8-5-7-15-9-6-12-26(20(15)16)21(17)27/h3-5,7-8,10-11,13H,6,9,12,14H2,1-2H3,(H,24,30). The van der Waals surface area contributed by atoms with Crippen LogP contribution in [0.25, 0.3) is 10.9 Å². The molecule has 1 N–H and O–H groups in total. The van der Waals surface area contributed by atoms with Crippen LogP contribution in [0.4, 0.5) is 5.69 Å². The van der Waals surface area contributed by atoms with Gasteiger partial charge < -0.3 is 19.5 Å². The Morgan fingerprint density at radius 3 is 2.83 bits per heavy atom. The van der Waals surface area contributed by atoms with Crippen molar-refractivity contribution in [2.45, 2.75) is 25.9 Å². The number of aromatic nitrogens is 1. The van der Waals surface area contributed by atoms with Crippen molar-refractivity contribution in [3.05, 3.63) is 75.6 Å². The molecule has 30 heavy (non-hydrogen) atoms. The quantitative estimate of drug-likeness (QED) is 0.513. The summed E-state index contributed by atoms with van der Waals surface area (Å²) in [6.07, 6.45) is 1.97. The third-order valence-corrected chi connectivity index (χ3v) is 5.84. The first-order valence-electron chi connectivity index (χ1n) is 9.83. The number of methoxy groups -OCH3 is 1. The summed E-state index contributed by atoms with van der Waals surface area (Å²) >= 11 is 5.53. The number of anilines is 1. The molecule has 0 fully saturated rings. The van der Waals surface area contributed by atoms with Crippen molar-refractivity contribution in [1.29, 1.82) is 0 Å². The molecule has 7 heteroatoms. The Balaban J connectivity index is 1.59. The van der Waals surface area contributed by atoms with Crippen LogP contribution in [0.2, 0.25) is 0 Å². The van der Waals surface area contributed by atoms with E-state index >= 15 is 0 Å². The summed E-state index contributed by atoms with van der Waals surface area (Å²) in [5, 5.41) is 4.59. The van der Waals surface area contributed by atoms with E-state index in [4.69, 9.17) is 17.0 Å². The van der Waals surface area contributed by atoms with Crippen LogP contribution in [0.3, 0.4) is 0 Å². The van der Waals surface area contributed by atoms with Crippen LogP contribution in [-0.2, 0) is 24.2 Å². The van der Waals surface area contributed by atoms with E-state index in [9.17, 15) is 9.59 Å². The minimum absolute atomic E-state index is 0.0271. The molecule has 154 valence electrons. The zero-order valence-corrected chi connectivity index (χ0v) is 17.8. The van der Waals surface area contributed by atoms with Gasteiger partial charge in [0.2, 0.25) is 0 Å². The molecule has 3 aromatic rings. The molecule has 0 unspecified atom stereocenters. The van der Waals surface area contributed by atoms with Crippen molar-refractivity contribution < 1.29 is 9.53 Å². The van der Waals surface area contributed by atoms with Crippen molar-refractivity contribution in [2.24, 2.45) is 0 Å². The number of para-hydroxylation sites is 2. The second-order valence-electron chi connectivity index (χ2n) is 7.41. The summed E-state index contributed by atoms with van der Waals surface area (Å²) in [5.74, 6) is -0.439. The molecule has 2 aromatic carbocycles. The predicted molar refractivity (Wildman–Crippen MR) is 122 cm³/mol. The summed E-state index contributed by atoms with van der Waals surface area (Å²) in [6.45, 7) is 1.10. The summed E-state index contributed by atoms with van der Waals surface area (Å²) in [4.78, 5) is 26.9. The van der Waals surface area contributed by atoms with Crippen molar-refractivity contribution in [2.75, 3.05) is 19.5 Å². The molecule has 0 saturated heterocycles. The number of pyridine rings is 1. The zero-order chi connectivity index (χ0) is 21.3. The van der Waals surface area contributed by atoms with E-state index in [2.05, 4.69) is 11.4 Å². The van der Waals surface area contributed by atoms with Gasteiger partial charge in [0.15, 0.2) is 5.11 Å². The topological polar surface area (TPSA) is 63.6 Å². The number of carbonyl (C=O) groups is 1. The highest BCUT2D eigenvalue weighted by atomic mass is 32.1. The number of thiocarbonyl (C=S) groups is 1. The molecule has 1 aliphatic rings. The Morgan fingerprint density at radius 2 is 2.03 bits per heavy atom. The number of benzene rings is 2. The molecule has 0 aliphatic carbocycles. The van der Waals surface area contributed by atoms with Crippen LogP contribution in [0, 0.1) is 0 Å². The van der Waals surface area contributed by atoms with E-state index in [1.54, 1.807) is 23.1 Å². The van der Waals surface area contributed by atoms with E-state index in [-0.39, 0.29) is 5.56 Å². The first-order valence-corrected chi connectivity index (χ1v) is 10.2. The molecular formula is C23H23N3O3S. The van der Waals surface area contributed by atoms with Crippen LogP contribution >= 0.6 is 12.2 Å². The first-order chi connectivity index (χ1) is 14.5. The van der Waals surface area contributed by atoms with E-state index in [1.165, 1.54) is 12.7 Å². The van der Waals surface area contributed by atoms with Crippen LogP contribution in [-0.4, -0.2) is 34.7 Å². The normalized spacial score (nSPS) is 12.5. The van der Waals surface area contributed by atoms with Gasteiger partial charge >= 0.3 is 5.97 Å². The molecule has 0 radical (unpaired) electrons. The number of aryl methyl sites for hydroxylation is 2. The van der Waals surface area contributed by atoms with Crippen molar-refractivity contribution >= 4 is 39.9 Å². The molecule has 0 bridgehead atoms. The Bertz CT molecular complexity index is 1200. The molecule has 0 spiro atoms. The molecule has 4 rings (SSSR count). The number of hydrogen-bond acceptors (Lipinski definition) is 4. The third-order valence-electron chi connectivity index (χ3n) is 5.43. The molecule has 0 atom stereocenters. The summed E-state index contributed by atoms with van der Waals surface area (Å²) < 4.78 is 6.72. The van der Waals surface area contributed by atoms with Gasteiger partial charge in [-0.05, 0) is 54.2 Å². The van der Waals surface area contributed by atoms with Crippen molar-refractivity contribution in [1.82, 2.24) is 9.47 Å². The van der Waals surface area contributed by atoms with Crippen molar-refractivity contribution in [3.63, 3.8) is 0 Å². The molecular weight excluding hydrogens is 398 g/mol. The lowest BCUT2D eigenvalue weighted by Gasteiger charge is -2.24. The second-order valence-corrected chi connectivity index (χ2v) is 7.79. The van der Waals surface area contributed by atoms with Gasteiger partial charge in [-0.15, -0.1) is 0 Å². The van der Waals surface area contributed by atoms with Gasteiger partial charge in [-0.3, -0.25) is 4.79 Å². The number of ether oxygens (including phenoxy) is 1. The number of nitrogens with one attached hydrogen (secondary N) is 1. The second kappa shape index (κ2) is 8.28. The largest absolute Gasteiger partial charge is 0.465 e. The van der Waals surface area contributed by atoms with Gasteiger partial charge in [0, 0.05) is 19.2 Å². The number of hydrogen-bond donors (Lipinski definition) is 1. The minimum atomic E-state index is -0.439. The van der Waals surface area contributed by atoms with Gasteiger partial charge in [-0.2, -0.15) is 0 Å². The Hall–Kier alpha value is -3.19. The maximum Gasteiger partial charge on any atom is 0.339 e. The molecule has 0 amide bonds. The monoisotopic (exact) mass is 421 g/mol. The molecule has 6 nitrogen and oxygen atoms in total. The van der Waals surface area contributed by atoms with Crippen LogP contribution in [0.1, 0.15) is 27.9 Å². The Labute approximate surface area is 180 Å². The number of nitrogens with zero attached hydrogens (tertiary/aromatic N) is 2. The van der Waals surface area contributed by atoms with E-state index in [0.717, 1.165) is 30.3 Å². The highest BCUT2D eigenvalue weighted by molar-refractivity contribution is 7.80. The fraction of sp³-hybridized carbons (Fsp3) is 0.261. The predicted octanol–water partition coefficient (Wildman–Crippen LogP) is 3.56. The van der Waals surface area contributed by atoms with Gasteiger partial charge in [-0.1, -0.05) is 30.3 Å². The number of esters is 1. The summed E-state index contributed by atoms with van der Waals surface area (Å²) in [6, 6.07) is 15.2. The number of carbonyl (C=O) groups excluding carboxylic acids is 1. The lowest BCUT2D eigenvalue weighted by Crippen LogP contribution is -2.35. The fourth-order valence-electron chi connectivity index (χ4n) is 3.96. The Morgan fingerprint density at radius 1 is 1.23 bits per heavy atom. The summed E-state index contributed by atoms with van der Waals surface area (Å²) in [7, 11) is 3.17. The lowest BCUT2D eigenvalue weighted by atomic mass is 10.00. The number of rotatable bonds is 4. The Kier molecular flexibility index (Phi) is 5.55. The third kappa shape index (κ3) is 3.68. The maximum atomic E-state index is 13.1. The smallest absolute Gasteiger partial charge is 0.339 e. The van der Waals surface area contributed by atoms with Crippen LogP contribution in [0.5, 0.6) is 0 Å². The van der Waals surface area contributed by atoms with Gasteiger partial charge in [0.25, 0.3) is 5.56 Å². The van der Waals surface area contributed by atoms with Crippen LogP contribution in [0.15, 0.2) is 53.3 Å². The highest BCUT2D eigenvalue weighted by Gasteiger charge is 2.18. The molecule has 1 aromatic heterocycles. The average molecular weight is 422 g/mol. The molecule has 1 aliphatic heterocycles. The SMILES string of the molecule is COC(=O)c1ccccc1NC(=S)N(C)Cc1cc2cccc3c2n(c1=O)CCC3.